The number of hydrogen-bond donors (Lipinski definition) is 0. The third kappa shape index (κ3) is 1.02. The molecule has 2 aliphatic heterocycles. The van der Waals surface area contributed by atoms with Gasteiger partial charge in [-0.25, -0.2) is 0 Å². The standard InChI is InChI=1S/C10H16O/c1-7(2)8-4-5-10(3)6-9(8)11-10/h4-5,7-9H,6H2,1-3H3/t8-,9?,10+/m1/s1. The first kappa shape index (κ1) is 7.35. The van der Waals surface area contributed by atoms with Crippen LogP contribution in [0.4, 0.5) is 0 Å². The van der Waals surface area contributed by atoms with E-state index in [0.29, 0.717) is 12.0 Å². The Hall–Kier alpha value is -0.300. The quantitative estimate of drug-likeness (QED) is 0.524. The van der Waals surface area contributed by atoms with E-state index in [1.54, 1.807) is 0 Å². The molecule has 1 saturated heterocycles. The summed E-state index contributed by atoms with van der Waals surface area (Å²) in [6.45, 7) is 6.69. The topological polar surface area (TPSA) is 9.23 Å². The van der Waals surface area contributed by atoms with Crippen LogP contribution in [0.2, 0.25) is 0 Å². The molecule has 2 bridgehead atoms. The fourth-order valence-corrected chi connectivity index (χ4v) is 2.15. The van der Waals surface area contributed by atoms with Crippen molar-refractivity contribution in [1.29, 1.82) is 0 Å². The summed E-state index contributed by atoms with van der Waals surface area (Å²) in [5, 5.41) is 0. The molecule has 1 heteroatoms. The van der Waals surface area contributed by atoms with Crippen molar-refractivity contribution in [3.05, 3.63) is 12.2 Å². The van der Waals surface area contributed by atoms with Crippen LogP contribution in [0.1, 0.15) is 27.2 Å². The highest BCUT2D eigenvalue weighted by Crippen LogP contribution is 2.44. The molecule has 62 valence electrons. The Morgan fingerprint density at radius 1 is 1.55 bits per heavy atom. The Balaban J connectivity index is 2.13. The second-order valence-corrected chi connectivity index (χ2v) is 4.35. The summed E-state index contributed by atoms with van der Waals surface area (Å²) in [6, 6.07) is 0. The SMILES string of the molecule is CC(C)[C@H]1C=C[C@@]2(C)CC1O2. The number of fused-ring (bicyclic) bond motifs is 1. The van der Waals surface area contributed by atoms with E-state index in [0.717, 1.165) is 5.92 Å². The first-order valence-corrected chi connectivity index (χ1v) is 4.48. The minimum absolute atomic E-state index is 0.107. The minimum Gasteiger partial charge on any atom is -0.367 e. The summed E-state index contributed by atoms with van der Waals surface area (Å²) in [4.78, 5) is 0. The third-order valence-electron chi connectivity index (χ3n) is 2.90. The van der Waals surface area contributed by atoms with Crippen LogP contribution in [0.15, 0.2) is 12.2 Å². The molecular weight excluding hydrogens is 136 g/mol. The predicted octanol–water partition coefficient (Wildman–Crippen LogP) is 2.38. The lowest BCUT2D eigenvalue weighted by Gasteiger charge is -2.51. The Morgan fingerprint density at radius 3 is 2.55 bits per heavy atom. The minimum atomic E-state index is 0.107. The number of hydrogen-bond acceptors (Lipinski definition) is 1. The van der Waals surface area contributed by atoms with Gasteiger partial charge in [-0.1, -0.05) is 26.0 Å². The van der Waals surface area contributed by atoms with Gasteiger partial charge in [0, 0.05) is 12.3 Å². The number of ether oxygens (including phenoxy) is 1. The predicted molar refractivity (Wildman–Crippen MR) is 45.4 cm³/mol. The molecule has 3 rings (SSSR count). The summed E-state index contributed by atoms with van der Waals surface area (Å²) in [7, 11) is 0. The maximum Gasteiger partial charge on any atom is 0.0863 e. The first-order chi connectivity index (χ1) is 5.11. The summed E-state index contributed by atoms with van der Waals surface area (Å²) in [5.74, 6) is 1.39. The summed E-state index contributed by atoms with van der Waals surface area (Å²) >= 11 is 0. The normalized spacial score (nSPS) is 47.6. The maximum absolute atomic E-state index is 5.75. The largest absolute Gasteiger partial charge is 0.367 e. The highest BCUT2D eigenvalue weighted by molar-refractivity contribution is 5.17. The molecule has 0 radical (unpaired) electrons. The van der Waals surface area contributed by atoms with E-state index in [1.165, 1.54) is 6.42 Å². The van der Waals surface area contributed by atoms with E-state index in [-0.39, 0.29) is 5.60 Å². The zero-order chi connectivity index (χ0) is 8.06. The van der Waals surface area contributed by atoms with Crippen LogP contribution in [0.3, 0.4) is 0 Å². The molecule has 0 amide bonds. The molecular formula is C10H16O. The van der Waals surface area contributed by atoms with Gasteiger partial charge in [-0.3, -0.25) is 0 Å². The van der Waals surface area contributed by atoms with Crippen molar-refractivity contribution < 1.29 is 4.74 Å². The fraction of sp³-hybridized carbons (Fsp3) is 0.800. The van der Waals surface area contributed by atoms with Gasteiger partial charge < -0.3 is 4.74 Å². The van der Waals surface area contributed by atoms with Gasteiger partial charge in [0.25, 0.3) is 0 Å². The fourth-order valence-electron chi connectivity index (χ4n) is 2.15. The molecule has 1 aliphatic carbocycles. The lowest BCUT2D eigenvalue weighted by atomic mass is 9.74. The molecule has 2 heterocycles. The molecule has 1 unspecified atom stereocenters. The highest BCUT2D eigenvalue weighted by Gasteiger charge is 2.46. The molecule has 0 saturated carbocycles. The van der Waals surface area contributed by atoms with Crippen LogP contribution < -0.4 is 0 Å². The smallest absolute Gasteiger partial charge is 0.0863 e. The molecule has 0 aromatic carbocycles. The molecule has 0 aromatic rings. The van der Waals surface area contributed by atoms with Gasteiger partial charge in [0.1, 0.15) is 0 Å². The van der Waals surface area contributed by atoms with Crippen LogP contribution in [0, 0.1) is 11.8 Å². The van der Waals surface area contributed by atoms with Crippen LogP contribution in [0.25, 0.3) is 0 Å². The Labute approximate surface area is 68.4 Å². The average molecular weight is 152 g/mol. The second-order valence-electron chi connectivity index (χ2n) is 4.35. The highest BCUT2D eigenvalue weighted by atomic mass is 16.5. The van der Waals surface area contributed by atoms with Crippen molar-refractivity contribution in [3.8, 4) is 0 Å². The molecule has 0 aromatic heterocycles. The van der Waals surface area contributed by atoms with Crippen molar-refractivity contribution in [3.63, 3.8) is 0 Å². The summed E-state index contributed by atoms with van der Waals surface area (Å²) < 4.78 is 5.75. The molecule has 1 fully saturated rings. The van der Waals surface area contributed by atoms with Gasteiger partial charge in [0.05, 0.1) is 11.7 Å². The molecule has 0 N–H and O–H groups in total. The summed E-state index contributed by atoms with van der Waals surface area (Å²) in [6.07, 6.45) is 6.32. The first-order valence-electron chi connectivity index (χ1n) is 4.48. The molecule has 3 atom stereocenters. The number of rotatable bonds is 1. The Morgan fingerprint density at radius 2 is 2.18 bits per heavy atom. The molecule has 0 spiro atoms. The monoisotopic (exact) mass is 152 g/mol. The van der Waals surface area contributed by atoms with Crippen LogP contribution in [0.5, 0.6) is 0 Å². The third-order valence-corrected chi connectivity index (χ3v) is 2.90. The second kappa shape index (κ2) is 2.10. The van der Waals surface area contributed by atoms with E-state index in [1.807, 2.05) is 0 Å². The van der Waals surface area contributed by atoms with E-state index < -0.39 is 0 Å². The van der Waals surface area contributed by atoms with E-state index in [4.69, 9.17) is 4.74 Å². The lowest BCUT2D eigenvalue weighted by molar-refractivity contribution is -0.197. The van der Waals surface area contributed by atoms with Crippen LogP contribution >= 0.6 is 0 Å². The van der Waals surface area contributed by atoms with Crippen LogP contribution in [-0.4, -0.2) is 11.7 Å². The zero-order valence-corrected chi connectivity index (χ0v) is 7.50. The van der Waals surface area contributed by atoms with Crippen molar-refractivity contribution in [1.82, 2.24) is 0 Å². The van der Waals surface area contributed by atoms with Crippen molar-refractivity contribution in [2.24, 2.45) is 11.8 Å². The van der Waals surface area contributed by atoms with Gasteiger partial charge in [0.2, 0.25) is 0 Å². The van der Waals surface area contributed by atoms with Gasteiger partial charge in [0.15, 0.2) is 0 Å². The van der Waals surface area contributed by atoms with Crippen molar-refractivity contribution >= 4 is 0 Å². The lowest BCUT2D eigenvalue weighted by Crippen LogP contribution is -2.54. The summed E-state index contributed by atoms with van der Waals surface area (Å²) in [5.41, 5.74) is 0.107. The molecule has 3 aliphatic rings. The Bertz CT molecular complexity index is 187. The molecule has 1 nitrogen and oxygen atoms in total. The van der Waals surface area contributed by atoms with Crippen molar-refractivity contribution in [2.45, 2.75) is 38.9 Å². The molecule has 11 heavy (non-hydrogen) atoms. The van der Waals surface area contributed by atoms with E-state index in [9.17, 15) is 0 Å². The van der Waals surface area contributed by atoms with Crippen LogP contribution in [-0.2, 0) is 4.74 Å². The van der Waals surface area contributed by atoms with Gasteiger partial charge in [-0.05, 0) is 12.8 Å². The maximum atomic E-state index is 5.75. The zero-order valence-electron chi connectivity index (χ0n) is 7.50. The van der Waals surface area contributed by atoms with Crippen molar-refractivity contribution in [2.75, 3.05) is 0 Å². The van der Waals surface area contributed by atoms with E-state index in [2.05, 4.69) is 32.9 Å². The average Bonchev–Trinajstić information content (AvgIpc) is 1.85. The van der Waals surface area contributed by atoms with Gasteiger partial charge in [-0.15, -0.1) is 0 Å². The van der Waals surface area contributed by atoms with Gasteiger partial charge in [-0.2, -0.15) is 0 Å². The van der Waals surface area contributed by atoms with Gasteiger partial charge >= 0.3 is 0 Å². The van der Waals surface area contributed by atoms with E-state index >= 15 is 0 Å². The Kier molecular flexibility index (Phi) is 1.40.